The summed E-state index contributed by atoms with van der Waals surface area (Å²) in [5.41, 5.74) is 0.928. The number of rotatable bonds is 4. The number of benzene rings is 1. The summed E-state index contributed by atoms with van der Waals surface area (Å²) in [4.78, 5) is 2.63. The van der Waals surface area contributed by atoms with Gasteiger partial charge in [-0.05, 0) is 50.2 Å². The first-order valence-corrected chi connectivity index (χ1v) is 8.65. The maximum Gasteiger partial charge on any atom is 0.276 e. The molecule has 108 valence electrons. The fourth-order valence-corrected chi connectivity index (χ4v) is 4.51. The van der Waals surface area contributed by atoms with Gasteiger partial charge in [-0.3, -0.25) is 0 Å². The Bertz CT molecular complexity index is 610. The fraction of sp³-hybridized carbons (Fsp3) is 0.533. The van der Waals surface area contributed by atoms with Crippen LogP contribution in [0.15, 0.2) is 40.3 Å². The lowest BCUT2D eigenvalue weighted by atomic mass is 9.86. The van der Waals surface area contributed by atoms with E-state index in [0.29, 0.717) is 11.8 Å². The minimum Gasteiger partial charge on any atom is -0.200 e. The van der Waals surface area contributed by atoms with Gasteiger partial charge in [0.15, 0.2) is 0 Å². The molecular formula is C15H20N2O2S. The molecule has 0 radical (unpaired) electrons. The van der Waals surface area contributed by atoms with Crippen molar-refractivity contribution < 1.29 is 8.42 Å². The molecule has 2 saturated carbocycles. The Labute approximate surface area is 120 Å². The molecule has 0 amide bonds. The number of sulfonamides is 1. The van der Waals surface area contributed by atoms with Crippen LogP contribution in [-0.4, -0.2) is 14.1 Å². The number of fused-ring (bicyclic) bond motifs is 2. The van der Waals surface area contributed by atoms with Crippen LogP contribution >= 0.6 is 0 Å². The highest BCUT2D eigenvalue weighted by atomic mass is 32.2. The predicted octanol–water partition coefficient (Wildman–Crippen LogP) is 2.78. The van der Waals surface area contributed by atoms with E-state index in [-0.39, 0.29) is 4.90 Å². The third kappa shape index (κ3) is 2.59. The van der Waals surface area contributed by atoms with E-state index in [1.165, 1.54) is 25.7 Å². The summed E-state index contributed by atoms with van der Waals surface area (Å²) in [5, 5.41) is 4.15. The number of nitrogens with zero attached hydrogens (tertiary/aromatic N) is 1. The molecule has 2 aliphatic carbocycles. The molecule has 2 aliphatic rings. The summed E-state index contributed by atoms with van der Waals surface area (Å²) >= 11 is 0. The van der Waals surface area contributed by atoms with E-state index in [2.05, 4.69) is 9.93 Å². The normalized spacial score (nSPS) is 29.6. The van der Waals surface area contributed by atoms with Crippen LogP contribution in [0.4, 0.5) is 0 Å². The number of hydrogen-bond donors (Lipinski definition) is 1. The standard InChI is InChI=1S/C15H20N2O2S/c1-11(15-10-12-7-8-13(15)9-12)16-17-20(18,19)14-5-3-2-4-6-14/h2-6,12-13,15,17H,7-10H2,1H3/b16-11+. The molecule has 2 fully saturated rings. The quantitative estimate of drug-likeness (QED) is 0.685. The molecule has 3 unspecified atom stereocenters. The van der Waals surface area contributed by atoms with Gasteiger partial charge in [0.05, 0.1) is 4.90 Å². The molecule has 0 spiro atoms. The molecule has 0 aromatic heterocycles. The first kappa shape index (κ1) is 13.6. The molecule has 20 heavy (non-hydrogen) atoms. The lowest BCUT2D eigenvalue weighted by Gasteiger charge is -2.21. The smallest absolute Gasteiger partial charge is 0.200 e. The van der Waals surface area contributed by atoms with Crippen LogP contribution in [0.5, 0.6) is 0 Å². The van der Waals surface area contributed by atoms with Crippen molar-refractivity contribution in [1.82, 2.24) is 4.83 Å². The average molecular weight is 292 g/mol. The molecule has 1 aromatic rings. The van der Waals surface area contributed by atoms with E-state index < -0.39 is 10.0 Å². The van der Waals surface area contributed by atoms with Crippen molar-refractivity contribution in [3.63, 3.8) is 0 Å². The Morgan fingerprint density at radius 1 is 1.20 bits per heavy atom. The largest absolute Gasteiger partial charge is 0.276 e. The molecule has 1 aromatic carbocycles. The van der Waals surface area contributed by atoms with Crippen LogP contribution in [0.1, 0.15) is 32.6 Å². The van der Waals surface area contributed by atoms with Crippen molar-refractivity contribution in [2.75, 3.05) is 0 Å². The van der Waals surface area contributed by atoms with Crippen molar-refractivity contribution in [3.05, 3.63) is 30.3 Å². The van der Waals surface area contributed by atoms with Crippen molar-refractivity contribution in [1.29, 1.82) is 0 Å². The lowest BCUT2D eigenvalue weighted by Crippen LogP contribution is -2.24. The van der Waals surface area contributed by atoms with Gasteiger partial charge >= 0.3 is 0 Å². The van der Waals surface area contributed by atoms with Crippen LogP contribution in [0.2, 0.25) is 0 Å². The Morgan fingerprint density at radius 3 is 2.55 bits per heavy atom. The summed E-state index contributed by atoms with van der Waals surface area (Å²) in [6, 6.07) is 8.36. The second kappa shape index (κ2) is 5.20. The third-order valence-electron chi connectivity index (χ3n) is 4.67. The lowest BCUT2D eigenvalue weighted by molar-refractivity contribution is 0.413. The van der Waals surface area contributed by atoms with Gasteiger partial charge in [0.25, 0.3) is 10.0 Å². The summed E-state index contributed by atoms with van der Waals surface area (Å²) in [7, 11) is -3.54. The van der Waals surface area contributed by atoms with E-state index in [9.17, 15) is 8.42 Å². The highest BCUT2D eigenvalue weighted by Gasteiger charge is 2.40. The molecule has 0 aliphatic heterocycles. The minimum atomic E-state index is -3.54. The van der Waals surface area contributed by atoms with Crippen LogP contribution in [0.3, 0.4) is 0 Å². The molecule has 4 nitrogen and oxygen atoms in total. The molecule has 5 heteroatoms. The first-order chi connectivity index (χ1) is 9.56. The zero-order chi connectivity index (χ0) is 14.2. The van der Waals surface area contributed by atoms with Gasteiger partial charge in [-0.1, -0.05) is 24.6 Å². The monoisotopic (exact) mass is 292 g/mol. The maximum atomic E-state index is 12.1. The van der Waals surface area contributed by atoms with Crippen molar-refractivity contribution in [2.45, 2.75) is 37.5 Å². The van der Waals surface area contributed by atoms with E-state index in [0.717, 1.165) is 11.6 Å². The summed E-state index contributed by atoms with van der Waals surface area (Å²) < 4.78 is 24.2. The molecule has 3 atom stereocenters. The third-order valence-corrected chi connectivity index (χ3v) is 5.89. The molecule has 1 N–H and O–H groups in total. The molecule has 2 bridgehead atoms. The van der Waals surface area contributed by atoms with E-state index >= 15 is 0 Å². The zero-order valence-electron chi connectivity index (χ0n) is 11.6. The van der Waals surface area contributed by atoms with Crippen molar-refractivity contribution in [3.8, 4) is 0 Å². The summed E-state index contributed by atoms with van der Waals surface area (Å²) in [6.45, 7) is 1.94. The highest BCUT2D eigenvalue weighted by Crippen LogP contribution is 2.48. The Balaban J connectivity index is 1.71. The highest BCUT2D eigenvalue weighted by molar-refractivity contribution is 7.89. The first-order valence-electron chi connectivity index (χ1n) is 7.17. The number of hydrazone groups is 1. The molecule has 0 saturated heterocycles. The molecule has 0 heterocycles. The van der Waals surface area contributed by atoms with E-state index in [4.69, 9.17) is 0 Å². The van der Waals surface area contributed by atoms with Gasteiger partial charge in [-0.25, -0.2) is 4.83 Å². The van der Waals surface area contributed by atoms with Gasteiger partial charge in [-0.15, -0.1) is 0 Å². The van der Waals surface area contributed by atoms with Gasteiger partial charge in [0.1, 0.15) is 0 Å². The molecule has 3 rings (SSSR count). The Kier molecular flexibility index (Phi) is 3.54. The summed E-state index contributed by atoms with van der Waals surface area (Å²) in [5.74, 6) is 2.01. The van der Waals surface area contributed by atoms with Crippen LogP contribution in [0.25, 0.3) is 0 Å². The van der Waals surface area contributed by atoms with E-state index in [1.54, 1.807) is 30.3 Å². The van der Waals surface area contributed by atoms with Crippen LogP contribution < -0.4 is 4.83 Å². The Morgan fingerprint density at radius 2 is 1.95 bits per heavy atom. The molecular weight excluding hydrogens is 272 g/mol. The van der Waals surface area contributed by atoms with Gasteiger partial charge in [-0.2, -0.15) is 13.5 Å². The van der Waals surface area contributed by atoms with Crippen LogP contribution in [-0.2, 0) is 10.0 Å². The number of hydrogen-bond acceptors (Lipinski definition) is 3. The predicted molar refractivity (Wildman–Crippen MR) is 78.8 cm³/mol. The zero-order valence-corrected chi connectivity index (χ0v) is 12.4. The summed E-state index contributed by atoms with van der Waals surface area (Å²) in [6.07, 6.45) is 5.08. The van der Waals surface area contributed by atoms with Gasteiger partial charge < -0.3 is 0 Å². The minimum absolute atomic E-state index is 0.254. The SMILES string of the molecule is C/C(=N\NS(=O)(=O)c1ccccc1)C1CC2CCC1C2. The average Bonchev–Trinajstić information content (AvgIpc) is 3.08. The van der Waals surface area contributed by atoms with Crippen molar-refractivity contribution in [2.24, 2.45) is 22.9 Å². The second-order valence-electron chi connectivity index (χ2n) is 5.94. The topological polar surface area (TPSA) is 58.5 Å². The maximum absolute atomic E-state index is 12.1. The second-order valence-corrected chi connectivity index (χ2v) is 7.60. The van der Waals surface area contributed by atoms with Crippen LogP contribution in [0, 0.1) is 17.8 Å². The van der Waals surface area contributed by atoms with Crippen molar-refractivity contribution >= 4 is 15.7 Å². The van der Waals surface area contributed by atoms with Gasteiger partial charge in [0.2, 0.25) is 0 Å². The fourth-order valence-electron chi connectivity index (χ4n) is 3.62. The van der Waals surface area contributed by atoms with E-state index in [1.807, 2.05) is 6.92 Å². The van der Waals surface area contributed by atoms with Gasteiger partial charge in [0, 0.05) is 11.6 Å². The number of nitrogens with one attached hydrogen (secondary N) is 1. The Hall–Kier alpha value is -1.36.